The van der Waals surface area contributed by atoms with Crippen LogP contribution < -0.4 is 11.2 Å². The zero-order valence-corrected chi connectivity index (χ0v) is 11.4. The average molecular weight is 293 g/mol. The molecule has 0 fully saturated rings. The third-order valence-electron chi connectivity index (χ3n) is 3.25. The van der Waals surface area contributed by atoms with Crippen molar-refractivity contribution < 1.29 is 9.31 Å². The number of hydrogen-bond acceptors (Lipinski definition) is 4. The molecule has 0 atom stereocenters. The van der Waals surface area contributed by atoms with Crippen LogP contribution in [0.1, 0.15) is 11.3 Å². The fourth-order valence-corrected chi connectivity index (χ4v) is 1.97. The molecule has 0 aliphatic carbocycles. The van der Waals surface area contributed by atoms with Crippen LogP contribution in [0.25, 0.3) is 0 Å². The minimum absolute atomic E-state index is 0.00893. The monoisotopic (exact) mass is 293 g/mol. The summed E-state index contributed by atoms with van der Waals surface area (Å²) < 4.78 is 14.7. The second kappa shape index (κ2) is 5.31. The summed E-state index contributed by atoms with van der Waals surface area (Å²) in [4.78, 5) is 34.4. The summed E-state index contributed by atoms with van der Waals surface area (Å²) in [7, 11) is 1.35. The summed E-state index contributed by atoms with van der Waals surface area (Å²) in [6.45, 7) is 1.18. The number of rotatable bonds is 3. The maximum atomic E-state index is 12.8. The van der Waals surface area contributed by atoms with E-state index in [0.29, 0.717) is 5.56 Å². The van der Waals surface area contributed by atoms with Gasteiger partial charge in [-0.1, -0.05) is 12.1 Å². The Hall–Kier alpha value is -2.77. The van der Waals surface area contributed by atoms with E-state index in [1.807, 2.05) is 0 Å². The quantitative estimate of drug-likeness (QED) is 0.622. The molecule has 2 rings (SSSR count). The molecule has 0 bridgehead atoms. The molecule has 0 N–H and O–H groups in total. The lowest BCUT2D eigenvalue weighted by atomic mass is 10.2. The highest BCUT2D eigenvalue weighted by Crippen LogP contribution is 2.09. The molecule has 21 heavy (non-hydrogen) atoms. The van der Waals surface area contributed by atoms with Gasteiger partial charge in [-0.25, -0.2) is 13.8 Å². The summed E-state index contributed by atoms with van der Waals surface area (Å²) in [5.74, 6) is -0.450. The summed E-state index contributed by atoms with van der Waals surface area (Å²) in [6.07, 6.45) is 0. The van der Waals surface area contributed by atoms with Crippen molar-refractivity contribution in [2.45, 2.75) is 13.5 Å². The van der Waals surface area contributed by atoms with Gasteiger partial charge in [-0.15, -0.1) is 0 Å². The van der Waals surface area contributed by atoms with Crippen LogP contribution in [0, 0.1) is 22.9 Å². The highest BCUT2D eigenvalue weighted by Gasteiger charge is 2.23. The Bertz CT molecular complexity index is 821. The Morgan fingerprint density at radius 2 is 1.81 bits per heavy atom. The Kier molecular flexibility index (Phi) is 3.70. The number of benzene rings is 1. The van der Waals surface area contributed by atoms with Crippen LogP contribution in [-0.2, 0) is 13.6 Å². The fourth-order valence-electron chi connectivity index (χ4n) is 1.97. The molecule has 1 aromatic carbocycles. The molecule has 1 aromatic heterocycles. The van der Waals surface area contributed by atoms with Gasteiger partial charge in [0.25, 0.3) is 0 Å². The molecule has 7 nitrogen and oxygen atoms in total. The molecule has 0 saturated carbocycles. The van der Waals surface area contributed by atoms with Crippen molar-refractivity contribution in [3.05, 3.63) is 72.3 Å². The third kappa shape index (κ3) is 2.60. The van der Waals surface area contributed by atoms with E-state index in [1.165, 1.54) is 38.2 Å². The van der Waals surface area contributed by atoms with Crippen LogP contribution in [0.5, 0.6) is 0 Å². The van der Waals surface area contributed by atoms with E-state index in [9.17, 15) is 24.1 Å². The third-order valence-corrected chi connectivity index (χ3v) is 3.25. The van der Waals surface area contributed by atoms with Gasteiger partial charge in [0.1, 0.15) is 11.5 Å². The maximum Gasteiger partial charge on any atom is 0.353 e. The molecule has 0 aliphatic rings. The molecular weight excluding hydrogens is 281 g/mol. The molecule has 0 radical (unpaired) electrons. The van der Waals surface area contributed by atoms with Crippen LogP contribution in [-0.4, -0.2) is 14.1 Å². The summed E-state index contributed by atoms with van der Waals surface area (Å²) in [5.41, 5.74) is -1.78. The fraction of sp³-hybridized carbons (Fsp3) is 0.231. The minimum Gasteiger partial charge on any atom is -0.294 e. The normalized spacial score (nSPS) is 10.6. The van der Waals surface area contributed by atoms with Gasteiger partial charge in [-0.3, -0.25) is 19.5 Å². The van der Waals surface area contributed by atoms with Crippen molar-refractivity contribution >= 4 is 5.69 Å². The number of hydrogen-bond donors (Lipinski definition) is 0. The van der Waals surface area contributed by atoms with Crippen LogP contribution in [0.15, 0.2) is 33.9 Å². The Morgan fingerprint density at radius 3 is 2.33 bits per heavy atom. The van der Waals surface area contributed by atoms with Crippen LogP contribution in [0.4, 0.5) is 10.1 Å². The van der Waals surface area contributed by atoms with E-state index in [1.54, 1.807) is 0 Å². The highest BCUT2D eigenvalue weighted by molar-refractivity contribution is 5.32. The molecule has 0 spiro atoms. The van der Waals surface area contributed by atoms with Gasteiger partial charge in [-0.05, 0) is 24.6 Å². The average Bonchev–Trinajstić information content (AvgIpc) is 2.43. The van der Waals surface area contributed by atoms with Crippen molar-refractivity contribution in [1.29, 1.82) is 0 Å². The Balaban J connectivity index is 2.64. The molecule has 0 unspecified atom stereocenters. The van der Waals surface area contributed by atoms with E-state index in [4.69, 9.17) is 0 Å². The van der Waals surface area contributed by atoms with Crippen LogP contribution in [0.2, 0.25) is 0 Å². The maximum absolute atomic E-state index is 12.8. The first-order chi connectivity index (χ1) is 9.82. The van der Waals surface area contributed by atoms with E-state index in [0.717, 1.165) is 9.13 Å². The first kappa shape index (κ1) is 14.6. The van der Waals surface area contributed by atoms with Crippen molar-refractivity contribution in [1.82, 2.24) is 9.13 Å². The summed E-state index contributed by atoms with van der Waals surface area (Å²) in [6, 6.07) is 5.20. The highest BCUT2D eigenvalue weighted by atomic mass is 19.1. The number of aromatic nitrogens is 2. The van der Waals surface area contributed by atoms with Crippen molar-refractivity contribution in [2.24, 2.45) is 7.05 Å². The van der Waals surface area contributed by atoms with E-state index < -0.39 is 27.7 Å². The first-order valence-electron chi connectivity index (χ1n) is 6.02. The van der Waals surface area contributed by atoms with Crippen LogP contribution in [0.3, 0.4) is 0 Å². The van der Waals surface area contributed by atoms with Crippen LogP contribution >= 0.6 is 0 Å². The van der Waals surface area contributed by atoms with Gasteiger partial charge in [0.05, 0.1) is 11.5 Å². The van der Waals surface area contributed by atoms with E-state index >= 15 is 0 Å². The lowest BCUT2D eigenvalue weighted by Crippen LogP contribution is -2.41. The lowest BCUT2D eigenvalue weighted by molar-refractivity contribution is -0.387. The van der Waals surface area contributed by atoms with Crippen molar-refractivity contribution in [3.8, 4) is 0 Å². The van der Waals surface area contributed by atoms with Gasteiger partial charge < -0.3 is 0 Å². The molecule has 110 valence electrons. The minimum atomic E-state index is -0.968. The smallest absolute Gasteiger partial charge is 0.294 e. The topological polar surface area (TPSA) is 87.1 Å². The van der Waals surface area contributed by atoms with Crippen molar-refractivity contribution in [2.75, 3.05) is 0 Å². The summed E-state index contributed by atoms with van der Waals surface area (Å²) >= 11 is 0. The van der Waals surface area contributed by atoms with Gasteiger partial charge >= 0.3 is 16.9 Å². The predicted octanol–water partition coefficient (Wildman–Crippen LogP) is 0.951. The molecule has 0 amide bonds. The van der Waals surface area contributed by atoms with Gasteiger partial charge in [0.15, 0.2) is 0 Å². The standard InChI is InChI=1S/C13H12FN3O4/c1-8-11(17(20)21)12(18)16(13(19)15(8)2)7-9-3-5-10(14)6-4-9/h3-6H,7H2,1-2H3. The SMILES string of the molecule is Cc1c([N+](=O)[O-])c(=O)n(Cc2ccc(F)cc2)c(=O)n1C. The lowest BCUT2D eigenvalue weighted by Gasteiger charge is -2.10. The first-order valence-corrected chi connectivity index (χ1v) is 6.02. The Labute approximate surface area is 118 Å². The van der Waals surface area contributed by atoms with Gasteiger partial charge in [-0.2, -0.15) is 0 Å². The largest absolute Gasteiger partial charge is 0.353 e. The van der Waals surface area contributed by atoms with Crippen molar-refractivity contribution in [3.63, 3.8) is 0 Å². The number of nitrogens with zero attached hydrogens (tertiary/aromatic N) is 3. The van der Waals surface area contributed by atoms with Gasteiger partial charge in [0, 0.05) is 7.05 Å². The second-order valence-electron chi connectivity index (χ2n) is 4.55. The predicted molar refractivity (Wildman–Crippen MR) is 72.8 cm³/mol. The summed E-state index contributed by atoms with van der Waals surface area (Å²) in [5, 5.41) is 11.0. The zero-order valence-electron chi connectivity index (χ0n) is 11.4. The molecule has 8 heteroatoms. The van der Waals surface area contributed by atoms with E-state index in [-0.39, 0.29) is 12.2 Å². The van der Waals surface area contributed by atoms with E-state index in [2.05, 4.69) is 0 Å². The Morgan fingerprint density at radius 1 is 1.24 bits per heavy atom. The zero-order chi connectivity index (χ0) is 15.7. The molecule has 2 aromatic rings. The molecule has 0 aliphatic heterocycles. The number of nitro groups is 1. The molecule has 0 saturated heterocycles. The molecular formula is C13H12FN3O4. The van der Waals surface area contributed by atoms with Gasteiger partial charge in [0.2, 0.25) is 0 Å². The number of halogens is 1. The second-order valence-corrected chi connectivity index (χ2v) is 4.55. The molecule has 1 heterocycles.